The highest BCUT2D eigenvalue weighted by Crippen LogP contribution is 2.37. The van der Waals surface area contributed by atoms with Gasteiger partial charge >= 0.3 is 12.1 Å². The lowest BCUT2D eigenvalue weighted by Gasteiger charge is -2.51. The van der Waals surface area contributed by atoms with Gasteiger partial charge < -0.3 is 19.2 Å². The van der Waals surface area contributed by atoms with E-state index in [-0.39, 0.29) is 35.3 Å². The van der Waals surface area contributed by atoms with Crippen molar-refractivity contribution in [1.29, 1.82) is 0 Å². The molecule has 1 saturated heterocycles. The Morgan fingerprint density at radius 1 is 1.23 bits per heavy atom. The zero-order valence-corrected chi connectivity index (χ0v) is 20.0. The van der Waals surface area contributed by atoms with Gasteiger partial charge in [-0.1, -0.05) is 30.1 Å². The van der Waals surface area contributed by atoms with Gasteiger partial charge in [-0.25, -0.2) is 0 Å². The maximum atomic E-state index is 13.4. The smallest absolute Gasteiger partial charge is 0.350 e. The van der Waals surface area contributed by atoms with Gasteiger partial charge in [0.2, 0.25) is 11.7 Å². The summed E-state index contributed by atoms with van der Waals surface area (Å²) in [7, 11) is 4.21. The molecule has 1 aromatic heterocycles. The summed E-state index contributed by atoms with van der Waals surface area (Å²) in [4.78, 5) is 31.7. The number of halogens is 3. The highest BCUT2D eigenvalue weighted by atomic mass is 19.4. The molecule has 3 aliphatic rings. The van der Waals surface area contributed by atoms with Gasteiger partial charge in [0.25, 0.3) is 5.91 Å². The van der Waals surface area contributed by atoms with Crippen LogP contribution in [0.1, 0.15) is 54.4 Å². The van der Waals surface area contributed by atoms with E-state index < -0.39 is 17.5 Å². The summed E-state index contributed by atoms with van der Waals surface area (Å²) in [6, 6.07) is 4.57. The molecular weight excluding hydrogens is 463 g/mol. The third-order valence-corrected chi connectivity index (χ3v) is 7.42. The second-order valence-corrected chi connectivity index (χ2v) is 11.0. The van der Waals surface area contributed by atoms with E-state index in [1.165, 1.54) is 6.07 Å². The average molecular weight is 493 g/mol. The summed E-state index contributed by atoms with van der Waals surface area (Å²) in [6.45, 7) is 3.94. The number of hydrogen-bond donors (Lipinski definition) is 1. The van der Waals surface area contributed by atoms with Crippen LogP contribution in [0.5, 0.6) is 0 Å². The highest BCUT2D eigenvalue weighted by molar-refractivity contribution is 5.99. The fraction of sp³-hybridized carbons (Fsp3) is 0.583. The molecule has 2 aliphatic heterocycles. The lowest BCUT2D eigenvalue weighted by atomic mass is 9.78. The minimum atomic E-state index is -4.74. The molecule has 5 rings (SSSR count). The van der Waals surface area contributed by atoms with E-state index in [0.29, 0.717) is 12.1 Å². The van der Waals surface area contributed by atoms with Crippen LogP contribution < -0.4 is 5.32 Å². The zero-order valence-electron chi connectivity index (χ0n) is 20.0. The molecule has 0 unspecified atom stereocenters. The predicted octanol–water partition coefficient (Wildman–Crippen LogP) is 3.23. The number of carbonyl (C=O) groups excluding carboxylic acids is 2. The third-order valence-electron chi connectivity index (χ3n) is 7.42. The Balaban J connectivity index is 1.33. The first-order valence-corrected chi connectivity index (χ1v) is 11.8. The second-order valence-electron chi connectivity index (χ2n) is 11.0. The van der Waals surface area contributed by atoms with Gasteiger partial charge in [0.15, 0.2) is 0 Å². The first kappa shape index (κ1) is 23.8. The Morgan fingerprint density at radius 2 is 1.94 bits per heavy atom. The molecule has 2 aromatic rings. The van der Waals surface area contributed by atoms with Crippen LogP contribution in [0.2, 0.25) is 0 Å². The molecule has 1 saturated carbocycles. The number of alkyl halides is 3. The normalized spacial score (nSPS) is 25.2. The molecule has 8 nitrogen and oxygen atoms in total. The van der Waals surface area contributed by atoms with Crippen molar-refractivity contribution >= 4 is 11.8 Å². The standard InChI is InChI=1S/C24H28F3N5O3/c1-23(12-32(2,3)13-23)21(34)28-17-6-4-5-7-18(17)31-11-15-9-8-14(10-16(15)20(31)33)19-29-22(35-30-19)24(25,26)27/h8-10,17-18H,4-7,11-13H2,1-3H3/p+1/t17-,18-/m1/s1. The average Bonchev–Trinajstić information content (AvgIpc) is 3.38. The number of likely N-dealkylation sites (tertiary alicyclic amines) is 1. The molecule has 2 amide bonds. The molecule has 2 fully saturated rings. The number of benzene rings is 1. The summed E-state index contributed by atoms with van der Waals surface area (Å²) in [5, 5.41) is 6.67. The molecule has 0 bridgehead atoms. The van der Waals surface area contributed by atoms with Crippen LogP contribution in [0.15, 0.2) is 22.7 Å². The van der Waals surface area contributed by atoms with Crippen molar-refractivity contribution in [2.75, 3.05) is 27.2 Å². The molecule has 0 radical (unpaired) electrons. The van der Waals surface area contributed by atoms with Gasteiger partial charge in [-0.15, -0.1) is 0 Å². The second kappa shape index (κ2) is 8.04. The van der Waals surface area contributed by atoms with Crippen molar-refractivity contribution in [1.82, 2.24) is 20.4 Å². The Labute approximate surface area is 201 Å². The number of carbonyl (C=O) groups is 2. The summed E-state index contributed by atoms with van der Waals surface area (Å²) >= 11 is 0. The topological polar surface area (TPSA) is 88.3 Å². The van der Waals surface area contributed by atoms with Crippen molar-refractivity contribution in [2.45, 2.75) is 57.4 Å². The number of hydrogen-bond acceptors (Lipinski definition) is 5. The Kier molecular flexibility index (Phi) is 5.46. The molecular formula is C24H29F3N5O3+. The quantitative estimate of drug-likeness (QED) is 0.663. The van der Waals surface area contributed by atoms with Crippen molar-refractivity contribution in [3.8, 4) is 11.4 Å². The molecule has 2 atom stereocenters. The number of aromatic nitrogens is 2. The van der Waals surface area contributed by atoms with E-state index >= 15 is 0 Å². The minimum Gasteiger partial charge on any atom is -0.350 e. The summed E-state index contributed by atoms with van der Waals surface area (Å²) in [5.41, 5.74) is 1.09. The third kappa shape index (κ3) is 4.30. The summed E-state index contributed by atoms with van der Waals surface area (Å²) < 4.78 is 43.6. The van der Waals surface area contributed by atoms with E-state index in [4.69, 9.17) is 0 Å². The molecule has 3 heterocycles. The van der Waals surface area contributed by atoms with Crippen LogP contribution in [-0.2, 0) is 17.5 Å². The van der Waals surface area contributed by atoms with Crippen LogP contribution in [0.4, 0.5) is 13.2 Å². The van der Waals surface area contributed by atoms with Gasteiger partial charge in [-0.2, -0.15) is 18.2 Å². The van der Waals surface area contributed by atoms with Gasteiger partial charge in [-0.3, -0.25) is 9.59 Å². The summed E-state index contributed by atoms with van der Waals surface area (Å²) in [5.74, 6) is -1.80. The lowest BCUT2D eigenvalue weighted by Crippen LogP contribution is -2.70. The largest absolute Gasteiger partial charge is 0.471 e. The van der Waals surface area contributed by atoms with E-state index in [1.54, 1.807) is 17.0 Å². The van der Waals surface area contributed by atoms with Gasteiger partial charge in [0, 0.05) is 23.7 Å². The van der Waals surface area contributed by atoms with E-state index in [2.05, 4.69) is 34.1 Å². The van der Waals surface area contributed by atoms with Crippen LogP contribution in [0, 0.1) is 5.41 Å². The number of rotatable bonds is 4. The SMILES string of the molecule is CC1(C(=O)N[C@@H]2CCCC[C@H]2N2Cc3ccc(-c4noc(C(F)(F)F)n4)cc3C2=O)C[N+](C)(C)C1. The molecule has 1 aliphatic carbocycles. The molecule has 11 heteroatoms. The van der Waals surface area contributed by atoms with E-state index in [9.17, 15) is 22.8 Å². The van der Waals surface area contributed by atoms with Crippen LogP contribution >= 0.6 is 0 Å². The number of quaternary nitrogens is 1. The lowest BCUT2D eigenvalue weighted by molar-refractivity contribution is -0.945. The monoisotopic (exact) mass is 492 g/mol. The number of nitrogens with zero attached hydrogens (tertiary/aromatic N) is 4. The number of amides is 2. The van der Waals surface area contributed by atoms with Crippen molar-refractivity contribution < 1.29 is 31.8 Å². The maximum Gasteiger partial charge on any atom is 0.471 e. The fourth-order valence-corrected chi connectivity index (χ4v) is 6.17. The van der Waals surface area contributed by atoms with E-state index in [1.807, 2.05) is 6.92 Å². The fourth-order valence-electron chi connectivity index (χ4n) is 6.17. The van der Waals surface area contributed by atoms with Gasteiger partial charge in [0.1, 0.15) is 5.41 Å². The molecule has 188 valence electrons. The van der Waals surface area contributed by atoms with Crippen LogP contribution in [-0.4, -0.2) is 70.6 Å². The van der Waals surface area contributed by atoms with Crippen LogP contribution in [0.25, 0.3) is 11.4 Å². The number of fused-ring (bicyclic) bond motifs is 1. The van der Waals surface area contributed by atoms with Gasteiger partial charge in [0.05, 0.1) is 33.2 Å². The number of nitrogens with one attached hydrogen (secondary N) is 1. The first-order chi connectivity index (χ1) is 16.4. The van der Waals surface area contributed by atoms with Crippen LogP contribution in [0.3, 0.4) is 0 Å². The zero-order chi connectivity index (χ0) is 25.2. The Bertz CT molecular complexity index is 1170. The van der Waals surface area contributed by atoms with Gasteiger partial charge in [-0.05, 0) is 31.4 Å². The van der Waals surface area contributed by atoms with Crippen molar-refractivity contribution in [2.24, 2.45) is 5.41 Å². The first-order valence-electron chi connectivity index (χ1n) is 11.8. The molecule has 1 N–H and O–H groups in total. The Morgan fingerprint density at radius 3 is 2.60 bits per heavy atom. The predicted molar refractivity (Wildman–Crippen MR) is 119 cm³/mol. The maximum absolute atomic E-state index is 13.4. The highest BCUT2D eigenvalue weighted by Gasteiger charge is 2.54. The molecule has 35 heavy (non-hydrogen) atoms. The Hall–Kier alpha value is -2.95. The molecule has 1 aromatic carbocycles. The molecule has 0 spiro atoms. The van der Waals surface area contributed by atoms with Crippen molar-refractivity contribution in [3.63, 3.8) is 0 Å². The van der Waals surface area contributed by atoms with E-state index in [0.717, 1.165) is 48.8 Å². The minimum absolute atomic E-state index is 0.0378. The van der Waals surface area contributed by atoms with Crippen molar-refractivity contribution in [3.05, 3.63) is 35.2 Å². The summed E-state index contributed by atoms with van der Waals surface area (Å²) in [6.07, 6.45) is -1.19.